The largest absolute Gasteiger partial charge is 0.482 e. The molecule has 0 saturated heterocycles. The number of nitrogens with one attached hydrogen (secondary N) is 2. The quantitative estimate of drug-likeness (QED) is 0.735. The van der Waals surface area contributed by atoms with E-state index in [1.165, 1.54) is 0 Å². The average molecular weight is 221 g/mol. The molecular weight excluding hydrogens is 206 g/mol. The molecule has 0 radical (unpaired) electrons. The van der Waals surface area contributed by atoms with Crippen molar-refractivity contribution in [1.29, 1.82) is 0 Å². The summed E-state index contributed by atoms with van der Waals surface area (Å²) in [5.74, 6) is 0.718. The van der Waals surface area contributed by atoms with Gasteiger partial charge in [-0.3, -0.25) is 4.79 Å². The van der Waals surface area contributed by atoms with Crippen LogP contribution in [0.1, 0.15) is 0 Å². The van der Waals surface area contributed by atoms with Gasteiger partial charge in [0.15, 0.2) is 6.61 Å². The van der Waals surface area contributed by atoms with Crippen LogP contribution in [0.15, 0.2) is 18.2 Å². The molecular formula is C11H15N3O2. The van der Waals surface area contributed by atoms with Crippen LogP contribution in [0.25, 0.3) is 0 Å². The summed E-state index contributed by atoms with van der Waals surface area (Å²) in [7, 11) is 3.62. The first kappa shape index (κ1) is 10.8. The van der Waals surface area contributed by atoms with Crippen molar-refractivity contribution in [1.82, 2.24) is 5.32 Å². The second kappa shape index (κ2) is 4.40. The molecule has 2 rings (SSSR count). The maximum atomic E-state index is 11.5. The molecule has 5 heteroatoms. The number of fused-ring (bicyclic) bond motifs is 1. The van der Waals surface area contributed by atoms with Gasteiger partial charge >= 0.3 is 0 Å². The summed E-state index contributed by atoms with van der Waals surface area (Å²) in [6.45, 7) is 0.796. The number of likely N-dealkylation sites (N-methyl/N-ethyl adjacent to an activating group) is 1. The summed E-state index contributed by atoms with van der Waals surface area (Å²) in [4.78, 5) is 13.1. The van der Waals surface area contributed by atoms with Gasteiger partial charge in [-0.25, -0.2) is 0 Å². The molecule has 1 aliphatic heterocycles. The van der Waals surface area contributed by atoms with Crippen LogP contribution in [0.5, 0.6) is 5.75 Å². The topological polar surface area (TPSA) is 53.6 Å². The maximum absolute atomic E-state index is 11.5. The Morgan fingerprint density at radius 1 is 1.50 bits per heavy atom. The van der Waals surface area contributed by atoms with E-state index in [1.807, 2.05) is 25.2 Å². The number of benzene rings is 1. The Labute approximate surface area is 94.4 Å². The minimum Gasteiger partial charge on any atom is -0.482 e. The van der Waals surface area contributed by atoms with Gasteiger partial charge in [-0.1, -0.05) is 0 Å². The van der Waals surface area contributed by atoms with E-state index in [0.717, 1.165) is 17.1 Å². The zero-order chi connectivity index (χ0) is 11.5. The SMILES string of the molecule is CNCNc1ccc2c(c1)N(C)C(=O)CO2. The van der Waals surface area contributed by atoms with Gasteiger partial charge in [0.05, 0.1) is 12.4 Å². The smallest absolute Gasteiger partial charge is 0.264 e. The maximum Gasteiger partial charge on any atom is 0.264 e. The zero-order valence-corrected chi connectivity index (χ0v) is 9.41. The van der Waals surface area contributed by atoms with E-state index < -0.39 is 0 Å². The normalized spacial score (nSPS) is 14.4. The molecule has 1 aromatic rings. The van der Waals surface area contributed by atoms with Crippen LogP contribution in [-0.2, 0) is 4.79 Å². The van der Waals surface area contributed by atoms with Crippen molar-refractivity contribution >= 4 is 17.3 Å². The van der Waals surface area contributed by atoms with Crippen LogP contribution in [0.2, 0.25) is 0 Å². The molecule has 16 heavy (non-hydrogen) atoms. The lowest BCUT2D eigenvalue weighted by molar-refractivity contribution is -0.120. The zero-order valence-electron chi connectivity index (χ0n) is 9.41. The highest BCUT2D eigenvalue weighted by atomic mass is 16.5. The van der Waals surface area contributed by atoms with Gasteiger partial charge in [-0.2, -0.15) is 0 Å². The van der Waals surface area contributed by atoms with Crippen LogP contribution < -0.4 is 20.3 Å². The Kier molecular flexibility index (Phi) is 2.96. The highest BCUT2D eigenvalue weighted by Crippen LogP contribution is 2.33. The van der Waals surface area contributed by atoms with Crippen molar-refractivity contribution < 1.29 is 9.53 Å². The molecule has 1 heterocycles. The molecule has 0 spiro atoms. The summed E-state index contributed by atoms with van der Waals surface area (Å²) in [5.41, 5.74) is 1.76. The Morgan fingerprint density at radius 3 is 3.06 bits per heavy atom. The second-order valence-electron chi connectivity index (χ2n) is 3.63. The summed E-state index contributed by atoms with van der Waals surface area (Å²) in [6.07, 6.45) is 0. The lowest BCUT2D eigenvalue weighted by Gasteiger charge is -2.26. The molecule has 0 unspecified atom stereocenters. The number of hydrogen-bond acceptors (Lipinski definition) is 4. The fourth-order valence-corrected chi connectivity index (χ4v) is 1.57. The monoisotopic (exact) mass is 221 g/mol. The van der Waals surface area contributed by atoms with E-state index >= 15 is 0 Å². The number of amides is 1. The second-order valence-corrected chi connectivity index (χ2v) is 3.63. The van der Waals surface area contributed by atoms with Crippen LogP contribution in [0, 0.1) is 0 Å². The van der Waals surface area contributed by atoms with E-state index in [1.54, 1.807) is 11.9 Å². The van der Waals surface area contributed by atoms with E-state index in [0.29, 0.717) is 6.67 Å². The van der Waals surface area contributed by atoms with Crippen molar-refractivity contribution in [2.75, 3.05) is 37.6 Å². The molecule has 86 valence electrons. The predicted octanol–water partition coefficient (Wildman–Crippen LogP) is 0.631. The minimum atomic E-state index is -0.0294. The van der Waals surface area contributed by atoms with Crippen LogP contribution in [0.3, 0.4) is 0 Å². The van der Waals surface area contributed by atoms with Gasteiger partial charge in [-0.15, -0.1) is 0 Å². The van der Waals surface area contributed by atoms with Crippen molar-refractivity contribution in [2.24, 2.45) is 0 Å². The van der Waals surface area contributed by atoms with E-state index in [-0.39, 0.29) is 12.5 Å². The summed E-state index contributed by atoms with van der Waals surface area (Å²) >= 11 is 0. The predicted molar refractivity (Wildman–Crippen MR) is 62.9 cm³/mol. The molecule has 0 atom stereocenters. The number of hydrogen-bond donors (Lipinski definition) is 2. The van der Waals surface area contributed by atoms with Crippen molar-refractivity contribution in [3.63, 3.8) is 0 Å². The van der Waals surface area contributed by atoms with Gasteiger partial charge in [0.1, 0.15) is 5.75 Å². The van der Waals surface area contributed by atoms with Crippen molar-refractivity contribution in [2.45, 2.75) is 0 Å². The van der Waals surface area contributed by atoms with E-state index in [4.69, 9.17) is 4.74 Å². The molecule has 0 aliphatic carbocycles. The molecule has 1 amide bonds. The van der Waals surface area contributed by atoms with Crippen molar-refractivity contribution in [3.8, 4) is 5.75 Å². The van der Waals surface area contributed by atoms with Crippen LogP contribution >= 0.6 is 0 Å². The van der Waals surface area contributed by atoms with Gasteiger partial charge in [0.25, 0.3) is 5.91 Å². The lowest BCUT2D eigenvalue weighted by Crippen LogP contribution is -2.35. The summed E-state index contributed by atoms with van der Waals surface area (Å²) < 4.78 is 5.33. The number of carbonyl (C=O) groups excluding carboxylic acids is 1. The molecule has 0 saturated carbocycles. The summed E-state index contributed by atoms with van der Waals surface area (Å²) in [6, 6.07) is 5.71. The van der Waals surface area contributed by atoms with E-state index in [9.17, 15) is 4.79 Å². The average Bonchev–Trinajstić information content (AvgIpc) is 2.31. The Bertz CT molecular complexity index is 406. The summed E-state index contributed by atoms with van der Waals surface area (Å²) in [5, 5.41) is 6.17. The van der Waals surface area contributed by atoms with Gasteiger partial charge in [0.2, 0.25) is 0 Å². The first-order chi connectivity index (χ1) is 7.72. The molecule has 1 aliphatic rings. The van der Waals surface area contributed by atoms with Gasteiger partial charge in [0, 0.05) is 12.7 Å². The van der Waals surface area contributed by atoms with Crippen molar-refractivity contribution in [3.05, 3.63) is 18.2 Å². The molecule has 5 nitrogen and oxygen atoms in total. The number of carbonyl (C=O) groups is 1. The van der Waals surface area contributed by atoms with E-state index in [2.05, 4.69) is 10.6 Å². The highest BCUT2D eigenvalue weighted by Gasteiger charge is 2.22. The number of ether oxygens (including phenoxy) is 1. The molecule has 0 fully saturated rings. The Balaban J connectivity index is 2.25. The first-order valence-corrected chi connectivity index (χ1v) is 5.14. The fourth-order valence-electron chi connectivity index (χ4n) is 1.57. The third-order valence-corrected chi connectivity index (χ3v) is 2.51. The molecule has 2 N–H and O–H groups in total. The molecule has 0 bridgehead atoms. The number of rotatable bonds is 3. The minimum absolute atomic E-state index is 0.0294. The molecule has 0 aromatic heterocycles. The van der Waals surface area contributed by atoms with Gasteiger partial charge < -0.3 is 20.3 Å². The lowest BCUT2D eigenvalue weighted by atomic mass is 10.2. The third-order valence-electron chi connectivity index (χ3n) is 2.51. The number of nitrogens with zero attached hydrogens (tertiary/aromatic N) is 1. The standard InChI is InChI=1S/C11H15N3O2/c1-12-7-13-8-3-4-10-9(5-8)14(2)11(15)6-16-10/h3-5,12-13H,6-7H2,1-2H3. The molecule has 1 aromatic carbocycles. The van der Waals surface area contributed by atoms with Gasteiger partial charge in [-0.05, 0) is 25.2 Å². The first-order valence-electron chi connectivity index (χ1n) is 5.14. The van der Waals surface area contributed by atoms with Crippen LogP contribution in [-0.4, -0.2) is 33.3 Å². The third kappa shape index (κ3) is 1.94. The van der Waals surface area contributed by atoms with Crippen LogP contribution in [0.4, 0.5) is 11.4 Å². The number of anilines is 2. The fraction of sp³-hybridized carbons (Fsp3) is 0.364. The highest BCUT2D eigenvalue weighted by molar-refractivity contribution is 5.97. The Morgan fingerprint density at radius 2 is 2.31 bits per heavy atom. The Hall–Kier alpha value is -1.75.